The molecule has 1 amide bonds. The Bertz CT molecular complexity index is 965. The first-order chi connectivity index (χ1) is 14.3. The van der Waals surface area contributed by atoms with Crippen LogP contribution >= 0.6 is 11.9 Å². The molecule has 1 radical (unpaired) electrons. The van der Waals surface area contributed by atoms with Crippen LogP contribution in [0.2, 0.25) is 0 Å². The molecule has 4 rings (SSSR count). The lowest BCUT2D eigenvalue weighted by atomic mass is 10.1. The fourth-order valence-electron chi connectivity index (χ4n) is 3.14. The molecular weight excluding hydrogens is 382 g/mol. The number of cyclic esters (lactones) is 1. The predicted molar refractivity (Wildman–Crippen MR) is 114 cm³/mol. The minimum atomic E-state index is -0.389. The molecule has 1 fully saturated rings. The third-order valence-electron chi connectivity index (χ3n) is 4.56. The summed E-state index contributed by atoms with van der Waals surface area (Å²) in [6.45, 7) is 0.297. The highest BCUT2D eigenvalue weighted by Crippen LogP contribution is 2.34. The van der Waals surface area contributed by atoms with Gasteiger partial charge in [0.25, 0.3) is 0 Å². The molecule has 0 bridgehead atoms. The molecule has 1 aliphatic heterocycles. The van der Waals surface area contributed by atoms with Crippen LogP contribution in [0.15, 0.2) is 85.2 Å². The Labute approximate surface area is 174 Å². The van der Waals surface area contributed by atoms with Crippen molar-refractivity contribution in [2.24, 2.45) is 0 Å². The minimum Gasteiger partial charge on any atom is -0.447 e. The van der Waals surface area contributed by atoms with Gasteiger partial charge < -0.3 is 9.46 Å². The van der Waals surface area contributed by atoms with E-state index < -0.39 is 0 Å². The van der Waals surface area contributed by atoms with E-state index in [0.717, 1.165) is 16.9 Å². The lowest BCUT2D eigenvalue weighted by Crippen LogP contribution is -2.27. The molecule has 29 heavy (non-hydrogen) atoms. The molecule has 0 unspecified atom stereocenters. The summed E-state index contributed by atoms with van der Waals surface area (Å²) in [5.74, 6) is 0.778. The molecular formula is C23H20N3O2S. The summed E-state index contributed by atoms with van der Waals surface area (Å²) in [4.78, 5) is 18.5. The fourth-order valence-corrected chi connectivity index (χ4v) is 3.74. The molecule has 2 heterocycles. The maximum atomic E-state index is 12.6. The quantitative estimate of drug-likeness (QED) is 0.349. The number of ether oxygens (including phenoxy) is 1. The normalized spacial score (nSPS) is 16.6. The predicted octanol–water partition coefficient (Wildman–Crippen LogP) is 4.81. The second-order valence-corrected chi connectivity index (χ2v) is 7.25. The number of hydrogen-bond donors (Lipinski definition) is 1. The highest BCUT2D eigenvalue weighted by molar-refractivity contribution is 7.96. The molecule has 2 aromatic carbocycles. The monoisotopic (exact) mass is 402 g/mol. The first-order valence-electron chi connectivity index (χ1n) is 9.28. The van der Waals surface area contributed by atoms with Gasteiger partial charge in [-0.1, -0.05) is 60.7 Å². The number of aromatic nitrogens is 1. The van der Waals surface area contributed by atoms with Crippen molar-refractivity contribution < 1.29 is 9.53 Å². The summed E-state index contributed by atoms with van der Waals surface area (Å²) in [5.41, 5.74) is 3.62. The van der Waals surface area contributed by atoms with Gasteiger partial charge in [0.15, 0.2) is 0 Å². The maximum absolute atomic E-state index is 12.6. The summed E-state index contributed by atoms with van der Waals surface area (Å²) >= 11 is 1.51. The summed E-state index contributed by atoms with van der Waals surface area (Å²) in [6, 6.07) is 23.6. The molecule has 6 heteroatoms. The summed E-state index contributed by atoms with van der Waals surface area (Å²) < 4.78 is 8.54. The van der Waals surface area contributed by atoms with Crippen LogP contribution in [0.1, 0.15) is 22.7 Å². The molecule has 1 saturated heterocycles. The van der Waals surface area contributed by atoms with Gasteiger partial charge in [0.05, 0.1) is 17.9 Å². The van der Waals surface area contributed by atoms with E-state index in [1.54, 1.807) is 17.3 Å². The van der Waals surface area contributed by atoms with Crippen LogP contribution in [0, 0.1) is 6.20 Å². The maximum Gasteiger partial charge on any atom is 0.415 e. The molecule has 0 spiro atoms. The van der Waals surface area contributed by atoms with Crippen molar-refractivity contribution in [3.8, 4) is 0 Å². The van der Waals surface area contributed by atoms with Crippen LogP contribution in [-0.4, -0.2) is 22.6 Å². The van der Waals surface area contributed by atoms with E-state index in [9.17, 15) is 4.79 Å². The number of pyridine rings is 1. The van der Waals surface area contributed by atoms with Crippen molar-refractivity contribution >= 4 is 23.7 Å². The Balaban J connectivity index is 1.58. The van der Waals surface area contributed by atoms with E-state index in [0.29, 0.717) is 12.3 Å². The molecule has 145 valence electrons. The van der Waals surface area contributed by atoms with Gasteiger partial charge in [-0.25, -0.2) is 4.79 Å². The van der Waals surface area contributed by atoms with Crippen molar-refractivity contribution in [3.63, 3.8) is 0 Å². The Hall–Kier alpha value is -3.25. The van der Waals surface area contributed by atoms with E-state index in [-0.39, 0.29) is 12.1 Å². The zero-order valence-electron chi connectivity index (χ0n) is 15.7. The van der Waals surface area contributed by atoms with Crippen LogP contribution in [0.5, 0.6) is 0 Å². The van der Waals surface area contributed by atoms with Crippen molar-refractivity contribution in [2.75, 3.05) is 6.61 Å². The Morgan fingerprint density at radius 1 is 1.10 bits per heavy atom. The Morgan fingerprint density at radius 3 is 2.59 bits per heavy atom. The summed E-state index contributed by atoms with van der Waals surface area (Å²) in [5, 5.41) is 0. The van der Waals surface area contributed by atoms with E-state index in [2.05, 4.69) is 28.0 Å². The number of nitrogens with one attached hydrogen (secondary N) is 1. The zero-order chi connectivity index (χ0) is 19.9. The molecule has 1 N–H and O–H groups in total. The van der Waals surface area contributed by atoms with Gasteiger partial charge in [0.2, 0.25) is 0 Å². The smallest absolute Gasteiger partial charge is 0.415 e. The molecule has 5 nitrogen and oxygen atoms in total. The number of nitrogens with zero attached hydrogens (tertiary/aromatic N) is 2. The molecule has 1 aromatic heterocycles. The van der Waals surface area contributed by atoms with Crippen LogP contribution < -0.4 is 4.72 Å². The number of benzene rings is 2. The van der Waals surface area contributed by atoms with Gasteiger partial charge in [0, 0.05) is 23.7 Å². The van der Waals surface area contributed by atoms with Crippen LogP contribution in [0.3, 0.4) is 0 Å². The van der Waals surface area contributed by atoms with Gasteiger partial charge in [-0.15, -0.1) is 0 Å². The van der Waals surface area contributed by atoms with E-state index >= 15 is 0 Å². The highest BCUT2D eigenvalue weighted by Gasteiger charge is 2.37. The van der Waals surface area contributed by atoms with Crippen molar-refractivity contribution in [1.82, 2.24) is 14.6 Å². The van der Waals surface area contributed by atoms with Crippen molar-refractivity contribution in [3.05, 3.63) is 108 Å². The first kappa shape index (κ1) is 19.1. The van der Waals surface area contributed by atoms with Gasteiger partial charge >= 0.3 is 6.09 Å². The van der Waals surface area contributed by atoms with Crippen LogP contribution in [0.25, 0.3) is 5.70 Å². The average Bonchev–Trinajstić information content (AvgIpc) is 3.17. The topological polar surface area (TPSA) is 54.5 Å². The Kier molecular flexibility index (Phi) is 6.12. The molecule has 1 aliphatic rings. The molecule has 1 atom stereocenters. The highest BCUT2D eigenvalue weighted by atomic mass is 32.2. The van der Waals surface area contributed by atoms with E-state index in [1.807, 2.05) is 60.7 Å². The third-order valence-corrected chi connectivity index (χ3v) is 5.28. The number of carbonyl (C=O) groups is 1. The average molecular weight is 402 g/mol. The largest absolute Gasteiger partial charge is 0.447 e. The van der Waals surface area contributed by atoms with Crippen LogP contribution in [-0.2, 0) is 10.5 Å². The third kappa shape index (κ3) is 4.60. The second-order valence-electron chi connectivity index (χ2n) is 6.47. The number of carbonyl (C=O) groups excluding carboxylic acids is 1. The lowest BCUT2D eigenvalue weighted by molar-refractivity contribution is 0.167. The molecule has 0 aliphatic carbocycles. The zero-order valence-corrected chi connectivity index (χ0v) is 16.5. The van der Waals surface area contributed by atoms with Crippen molar-refractivity contribution in [2.45, 2.75) is 11.8 Å². The standard InChI is InChI=1S/C23H20N3O2S/c27-23-26(22(16-28-23)19-10-5-2-6-11-19)21(20-12-7-13-24-14-20)15-25-29-17-18-8-3-1-4-9-18/h1-14,22,25H,16-17H2/t22-/m0/s1. The first-order valence-corrected chi connectivity index (χ1v) is 10.3. The SMILES string of the molecule is O=C1OC[C@@H](c2ccccc2)N1C(=[C]NSCc1ccccc1)c1cccnc1. The number of rotatable bonds is 7. The number of hydrogen-bond acceptors (Lipinski definition) is 5. The summed E-state index contributed by atoms with van der Waals surface area (Å²) in [6.07, 6.45) is 6.23. The summed E-state index contributed by atoms with van der Waals surface area (Å²) in [7, 11) is 0. The van der Waals surface area contributed by atoms with Gasteiger partial charge in [-0.2, -0.15) is 0 Å². The molecule has 3 aromatic rings. The van der Waals surface area contributed by atoms with Crippen LogP contribution in [0.4, 0.5) is 4.79 Å². The van der Waals surface area contributed by atoms with Gasteiger partial charge in [0.1, 0.15) is 6.61 Å². The lowest BCUT2D eigenvalue weighted by Gasteiger charge is -2.24. The van der Waals surface area contributed by atoms with E-state index in [4.69, 9.17) is 4.74 Å². The van der Waals surface area contributed by atoms with E-state index in [1.165, 1.54) is 17.5 Å². The second kappa shape index (κ2) is 9.30. The fraction of sp³-hybridized carbons (Fsp3) is 0.130. The number of amides is 1. The van der Waals surface area contributed by atoms with Gasteiger partial charge in [-0.05, 0) is 35.2 Å². The van der Waals surface area contributed by atoms with Crippen molar-refractivity contribution in [1.29, 1.82) is 0 Å². The minimum absolute atomic E-state index is 0.215. The molecule has 0 saturated carbocycles. The Morgan fingerprint density at radius 2 is 1.86 bits per heavy atom. The van der Waals surface area contributed by atoms with Gasteiger partial charge in [-0.3, -0.25) is 9.88 Å².